The van der Waals surface area contributed by atoms with Crippen LogP contribution in [0.1, 0.15) is 20.8 Å². The maximum absolute atomic E-state index is 12.0. The molecular formula is C14H19BrN2O3. The van der Waals surface area contributed by atoms with Gasteiger partial charge in [-0.05, 0) is 31.0 Å². The topological polar surface area (TPSA) is 81.4 Å². The number of hydrogen-bond acceptors (Lipinski definition) is 3. The predicted molar refractivity (Wildman–Crippen MR) is 80.2 cm³/mol. The van der Waals surface area contributed by atoms with Gasteiger partial charge in [-0.1, -0.05) is 35.8 Å². The lowest BCUT2D eigenvalue weighted by atomic mass is 10.0. The molecular weight excluding hydrogens is 324 g/mol. The first-order valence-corrected chi connectivity index (χ1v) is 7.12. The number of nitrogens with one attached hydrogen (secondary N) is 1. The third-order valence-electron chi connectivity index (χ3n) is 2.75. The van der Waals surface area contributed by atoms with Crippen molar-refractivity contribution in [3.63, 3.8) is 0 Å². The molecule has 20 heavy (non-hydrogen) atoms. The molecule has 1 rings (SSSR count). The first-order valence-electron chi connectivity index (χ1n) is 6.33. The van der Waals surface area contributed by atoms with Gasteiger partial charge in [0.25, 0.3) is 5.91 Å². The van der Waals surface area contributed by atoms with Gasteiger partial charge < -0.3 is 15.8 Å². The van der Waals surface area contributed by atoms with Crippen LogP contribution in [0.15, 0.2) is 28.7 Å². The molecule has 0 saturated carbocycles. The van der Waals surface area contributed by atoms with Gasteiger partial charge in [0.05, 0.1) is 0 Å². The number of benzene rings is 1. The molecule has 0 aliphatic rings. The second-order valence-electron chi connectivity index (χ2n) is 4.85. The summed E-state index contributed by atoms with van der Waals surface area (Å²) >= 11 is 3.33. The SMILES string of the molecule is CC(C)[C@@H](NC(=O)[C@H](C)Oc1cccc(Br)c1)C(N)=O. The van der Waals surface area contributed by atoms with Crippen molar-refractivity contribution in [2.75, 3.05) is 0 Å². The predicted octanol–water partition coefficient (Wildman–Crippen LogP) is 1.84. The van der Waals surface area contributed by atoms with Gasteiger partial charge in [0.2, 0.25) is 5.91 Å². The first-order chi connectivity index (χ1) is 9.31. The summed E-state index contributed by atoms with van der Waals surface area (Å²) in [6.45, 7) is 5.25. The molecule has 2 atom stereocenters. The standard InChI is InChI=1S/C14H19BrN2O3/c1-8(2)12(13(16)18)17-14(19)9(3)20-11-6-4-5-10(15)7-11/h4-9,12H,1-3H3,(H2,16,18)(H,17,19)/t9-,12+/m0/s1. The molecule has 3 N–H and O–H groups in total. The molecule has 0 unspecified atom stereocenters. The van der Waals surface area contributed by atoms with Crippen LogP contribution < -0.4 is 15.8 Å². The fourth-order valence-electron chi connectivity index (χ4n) is 1.63. The van der Waals surface area contributed by atoms with E-state index in [1.165, 1.54) is 0 Å². The summed E-state index contributed by atoms with van der Waals surface area (Å²) in [4.78, 5) is 23.3. The number of rotatable bonds is 6. The third-order valence-corrected chi connectivity index (χ3v) is 3.24. The number of ether oxygens (including phenoxy) is 1. The Hall–Kier alpha value is -1.56. The van der Waals surface area contributed by atoms with Gasteiger partial charge in [-0.25, -0.2) is 0 Å². The molecule has 110 valence electrons. The van der Waals surface area contributed by atoms with E-state index in [2.05, 4.69) is 21.2 Å². The lowest BCUT2D eigenvalue weighted by Crippen LogP contribution is -2.51. The van der Waals surface area contributed by atoms with Crippen LogP contribution in [0, 0.1) is 5.92 Å². The summed E-state index contributed by atoms with van der Waals surface area (Å²) in [7, 11) is 0. The highest BCUT2D eigenvalue weighted by Crippen LogP contribution is 2.19. The monoisotopic (exact) mass is 342 g/mol. The third kappa shape index (κ3) is 4.85. The van der Waals surface area contributed by atoms with Crippen molar-refractivity contribution in [3.05, 3.63) is 28.7 Å². The zero-order chi connectivity index (χ0) is 15.3. The molecule has 0 bridgehead atoms. The molecule has 0 saturated heterocycles. The van der Waals surface area contributed by atoms with Crippen LogP contribution in [-0.4, -0.2) is 24.0 Å². The van der Waals surface area contributed by atoms with Crippen molar-refractivity contribution >= 4 is 27.7 Å². The smallest absolute Gasteiger partial charge is 0.261 e. The maximum atomic E-state index is 12.0. The van der Waals surface area contributed by atoms with E-state index < -0.39 is 18.1 Å². The Balaban J connectivity index is 2.65. The van der Waals surface area contributed by atoms with Crippen LogP contribution in [0.3, 0.4) is 0 Å². The van der Waals surface area contributed by atoms with Crippen LogP contribution in [0.2, 0.25) is 0 Å². The molecule has 0 aliphatic carbocycles. The van der Waals surface area contributed by atoms with Gasteiger partial charge in [0.15, 0.2) is 6.10 Å². The quantitative estimate of drug-likeness (QED) is 0.827. The molecule has 0 aliphatic heterocycles. The normalized spacial score (nSPS) is 13.7. The largest absolute Gasteiger partial charge is 0.481 e. The average molecular weight is 343 g/mol. The van der Waals surface area contributed by atoms with E-state index in [0.29, 0.717) is 5.75 Å². The molecule has 0 radical (unpaired) electrons. The Kier molecular flexibility index (Phi) is 6.01. The summed E-state index contributed by atoms with van der Waals surface area (Å²) in [5.74, 6) is -0.429. The number of hydrogen-bond donors (Lipinski definition) is 2. The molecule has 2 amide bonds. The minimum atomic E-state index is -0.718. The molecule has 0 aromatic heterocycles. The zero-order valence-corrected chi connectivity index (χ0v) is 13.3. The van der Waals surface area contributed by atoms with Crippen LogP contribution in [0.25, 0.3) is 0 Å². The number of amides is 2. The van der Waals surface area contributed by atoms with Crippen molar-refractivity contribution < 1.29 is 14.3 Å². The summed E-state index contributed by atoms with van der Waals surface area (Å²) < 4.78 is 6.38. The van der Waals surface area contributed by atoms with E-state index in [0.717, 1.165) is 4.47 Å². The van der Waals surface area contributed by atoms with E-state index in [4.69, 9.17) is 10.5 Å². The number of halogens is 1. The Bertz CT molecular complexity index is 491. The van der Waals surface area contributed by atoms with Gasteiger partial charge in [-0.2, -0.15) is 0 Å². The lowest BCUT2D eigenvalue weighted by Gasteiger charge is -2.21. The van der Waals surface area contributed by atoms with Gasteiger partial charge >= 0.3 is 0 Å². The van der Waals surface area contributed by atoms with Gasteiger partial charge in [0.1, 0.15) is 11.8 Å². The van der Waals surface area contributed by atoms with E-state index in [9.17, 15) is 9.59 Å². The van der Waals surface area contributed by atoms with Gasteiger partial charge in [-0.3, -0.25) is 9.59 Å². The Morgan fingerprint density at radius 1 is 1.30 bits per heavy atom. The number of carbonyl (C=O) groups excluding carboxylic acids is 2. The highest BCUT2D eigenvalue weighted by Gasteiger charge is 2.25. The second-order valence-corrected chi connectivity index (χ2v) is 5.77. The van der Waals surface area contributed by atoms with Gasteiger partial charge in [-0.15, -0.1) is 0 Å². The molecule has 5 nitrogen and oxygen atoms in total. The highest BCUT2D eigenvalue weighted by molar-refractivity contribution is 9.10. The van der Waals surface area contributed by atoms with Gasteiger partial charge in [0, 0.05) is 4.47 Å². The Morgan fingerprint density at radius 3 is 2.45 bits per heavy atom. The molecule has 1 aromatic carbocycles. The van der Waals surface area contributed by atoms with Crippen LogP contribution in [0.4, 0.5) is 0 Å². The Labute approximate surface area is 127 Å². The molecule has 0 heterocycles. The fourth-order valence-corrected chi connectivity index (χ4v) is 2.01. The summed E-state index contributed by atoms with van der Waals surface area (Å²) in [6, 6.07) is 6.49. The van der Waals surface area contributed by atoms with E-state index in [-0.39, 0.29) is 11.8 Å². The summed E-state index contributed by atoms with van der Waals surface area (Å²) in [6.07, 6.45) is -0.718. The number of nitrogens with two attached hydrogens (primary N) is 1. The van der Waals surface area contributed by atoms with Crippen molar-refractivity contribution in [2.45, 2.75) is 32.9 Å². The minimum absolute atomic E-state index is 0.0745. The lowest BCUT2D eigenvalue weighted by molar-refractivity contribution is -0.132. The van der Waals surface area contributed by atoms with E-state index >= 15 is 0 Å². The summed E-state index contributed by atoms with van der Waals surface area (Å²) in [5, 5.41) is 2.60. The van der Waals surface area contributed by atoms with Crippen LogP contribution >= 0.6 is 15.9 Å². The van der Waals surface area contributed by atoms with E-state index in [1.807, 2.05) is 26.0 Å². The number of carbonyl (C=O) groups is 2. The Morgan fingerprint density at radius 2 is 1.95 bits per heavy atom. The van der Waals surface area contributed by atoms with Crippen molar-refractivity contribution in [1.29, 1.82) is 0 Å². The molecule has 0 spiro atoms. The highest BCUT2D eigenvalue weighted by atomic mass is 79.9. The molecule has 0 fully saturated rings. The maximum Gasteiger partial charge on any atom is 0.261 e. The van der Waals surface area contributed by atoms with Crippen LogP contribution in [-0.2, 0) is 9.59 Å². The summed E-state index contributed by atoms with van der Waals surface area (Å²) in [5.41, 5.74) is 5.26. The average Bonchev–Trinajstić information content (AvgIpc) is 2.34. The fraction of sp³-hybridized carbons (Fsp3) is 0.429. The second kappa shape index (κ2) is 7.28. The van der Waals surface area contributed by atoms with Crippen molar-refractivity contribution in [2.24, 2.45) is 11.7 Å². The first kappa shape index (κ1) is 16.5. The van der Waals surface area contributed by atoms with Crippen LogP contribution in [0.5, 0.6) is 5.75 Å². The van der Waals surface area contributed by atoms with Crippen molar-refractivity contribution in [3.8, 4) is 5.75 Å². The zero-order valence-electron chi connectivity index (χ0n) is 11.7. The minimum Gasteiger partial charge on any atom is -0.481 e. The van der Waals surface area contributed by atoms with E-state index in [1.54, 1.807) is 19.1 Å². The molecule has 6 heteroatoms. The number of primary amides is 1. The van der Waals surface area contributed by atoms with Crippen molar-refractivity contribution in [1.82, 2.24) is 5.32 Å². The molecule has 1 aromatic rings.